The monoisotopic (exact) mass is 266 g/mol. The molecule has 0 spiro atoms. The van der Waals surface area contributed by atoms with Gasteiger partial charge in [-0.2, -0.15) is 0 Å². The lowest BCUT2D eigenvalue weighted by atomic mass is 10.1. The van der Waals surface area contributed by atoms with E-state index in [1.54, 1.807) is 12.5 Å². The first-order valence-electron chi connectivity index (χ1n) is 5.30. The molecule has 94 valence electrons. The van der Waals surface area contributed by atoms with Crippen LogP contribution in [-0.2, 0) is 0 Å². The van der Waals surface area contributed by atoms with Crippen LogP contribution < -0.4 is 5.32 Å². The minimum Gasteiger partial charge on any atom is -0.472 e. The summed E-state index contributed by atoms with van der Waals surface area (Å²) in [4.78, 5) is 10.2. The van der Waals surface area contributed by atoms with Crippen LogP contribution in [0, 0.1) is 10.1 Å². The Morgan fingerprint density at radius 2 is 2.22 bits per heavy atom. The highest BCUT2D eigenvalue weighted by Crippen LogP contribution is 2.29. The number of benzene rings is 1. The molecule has 0 amide bonds. The molecular formula is C12H11ClN2O3. The second-order valence-corrected chi connectivity index (χ2v) is 4.25. The highest BCUT2D eigenvalue weighted by Gasteiger charge is 2.13. The van der Waals surface area contributed by atoms with Gasteiger partial charge in [0.05, 0.1) is 34.2 Å². The number of hydrogen-bond acceptors (Lipinski definition) is 4. The van der Waals surface area contributed by atoms with Gasteiger partial charge in [-0.05, 0) is 19.1 Å². The normalized spacial score (nSPS) is 12.1. The van der Waals surface area contributed by atoms with E-state index in [-0.39, 0.29) is 11.7 Å². The maximum Gasteiger partial charge on any atom is 0.271 e. The first kappa shape index (κ1) is 12.4. The van der Waals surface area contributed by atoms with Crippen molar-refractivity contribution in [2.75, 3.05) is 5.32 Å². The fraction of sp³-hybridized carbons (Fsp3) is 0.167. The Labute approximate surface area is 109 Å². The number of furan rings is 1. The van der Waals surface area contributed by atoms with Crippen molar-refractivity contribution in [3.05, 3.63) is 57.5 Å². The molecule has 5 nitrogen and oxygen atoms in total. The van der Waals surface area contributed by atoms with Crippen LogP contribution in [0.15, 0.2) is 41.2 Å². The third-order valence-corrected chi connectivity index (χ3v) is 2.91. The van der Waals surface area contributed by atoms with Crippen molar-refractivity contribution in [2.24, 2.45) is 0 Å². The Hall–Kier alpha value is -2.01. The third-order valence-electron chi connectivity index (χ3n) is 2.58. The Bertz CT molecular complexity index is 554. The molecule has 1 atom stereocenters. The zero-order valence-electron chi connectivity index (χ0n) is 9.59. The van der Waals surface area contributed by atoms with Gasteiger partial charge in [0, 0.05) is 17.7 Å². The summed E-state index contributed by atoms with van der Waals surface area (Å²) in [5.41, 5.74) is 1.47. The predicted molar refractivity (Wildman–Crippen MR) is 68.9 cm³/mol. The smallest absolute Gasteiger partial charge is 0.271 e. The number of anilines is 1. The molecule has 1 N–H and O–H groups in total. The molecule has 1 unspecified atom stereocenters. The van der Waals surface area contributed by atoms with Crippen LogP contribution in [0.4, 0.5) is 11.4 Å². The molecule has 0 aliphatic heterocycles. The van der Waals surface area contributed by atoms with Crippen LogP contribution in [0.2, 0.25) is 5.02 Å². The fourth-order valence-electron chi connectivity index (χ4n) is 1.58. The summed E-state index contributed by atoms with van der Waals surface area (Å²) in [5, 5.41) is 14.3. The second kappa shape index (κ2) is 5.10. The summed E-state index contributed by atoms with van der Waals surface area (Å²) < 4.78 is 4.98. The molecular weight excluding hydrogens is 256 g/mol. The Kier molecular flexibility index (Phi) is 3.53. The molecule has 0 radical (unpaired) electrons. The van der Waals surface area contributed by atoms with Crippen LogP contribution >= 0.6 is 11.6 Å². The first-order chi connectivity index (χ1) is 8.58. The highest BCUT2D eigenvalue weighted by molar-refractivity contribution is 6.33. The van der Waals surface area contributed by atoms with Crippen molar-refractivity contribution in [3.8, 4) is 0 Å². The topological polar surface area (TPSA) is 68.3 Å². The number of nitro benzene ring substituents is 1. The molecule has 0 bridgehead atoms. The molecule has 0 saturated carbocycles. The summed E-state index contributed by atoms with van der Waals surface area (Å²) in [5.74, 6) is 0. The summed E-state index contributed by atoms with van der Waals surface area (Å²) in [6, 6.07) is 6.06. The van der Waals surface area contributed by atoms with E-state index in [1.807, 2.05) is 13.0 Å². The van der Waals surface area contributed by atoms with Gasteiger partial charge in [0.25, 0.3) is 5.69 Å². The molecule has 1 aromatic carbocycles. The maximum absolute atomic E-state index is 10.7. The number of halogens is 1. The number of rotatable bonds is 4. The molecule has 0 saturated heterocycles. The summed E-state index contributed by atoms with van der Waals surface area (Å²) in [6.07, 6.45) is 3.19. The van der Waals surface area contributed by atoms with Crippen molar-refractivity contribution >= 4 is 23.0 Å². The molecule has 0 aliphatic carbocycles. The standard InChI is InChI=1S/C12H11ClN2O3/c1-8(9-4-5-18-7-9)14-12-6-10(15(16)17)2-3-11(12)13/h2-8,14H,1H3. The minimum absolute atomic E-state index is 0.00120. The average Bonchev–Trinajstić information content (AvgIpc) is 2.85. The molecule has 0 fully saturated rings. The van der Waals surface area contributed by atoms with E-state index >= 15 is 0 Å². The molecule has 0 aliphatic rings. The highest BCUT2D eigenvalue weighted by atomic mass is 35.5. The Balaban J connectivity index is 2.23. The van der Waals surface area contributed by atoms with E-state index in [4.69, 9.17) is 16.0 Å². The maximum atomic E-state index is 10.7. The van der Waals surface area contributed by atoms with E-state index in [0.717, 1.165) is 5.56 Å². The van der Waals surface area contributed by atoms with E-state index in [9.17, 15) is 10.1 Å². The Morgan fingerprint density at radius 1 is 1.44 bits per heavy atom. The molecule has 2 rings (SSSR count). The Morgan fingerprint density at radius 3 is 2.83 bits per heavy atom. The minimum atomic E-state index is -0.454. The number of nitrogens with one attached hydrogen (secondary N) is 1. The van der Waals surface area contributed by atoms with E-state index in [2.05, 4.69) is 5.32 Å². The van der Waals surface area contributed by atoms with Gasteiger partial charge in [-0.3, -0.25) is 10.1 Å². The zero-order chi connectivity index (χ0) is 13.1. The molecule has 6 heteroatoms. The van der Waals surface area contributed by atoms with Gasteiger partial charge >= 0.3 is 0 Å². The van der Waals surface area contributed by atoms with E-state index in [1.165, 1.54) is 18.2 Å². The second-order valence-electron chi connectivity index (χ2n) is 3.84. The summed E-state index contributed by atoms with van der Waals surface area (Å²) >= 11 is 6.00. The predicted octanol–water partition coefficient (Wildman–Crippen LogP) is 4.01. The summed E-state index contributed by atoms with van der Waals surface area (Å²) in [6.45, 7) is 1.92. The van der Waals surface area contributed by atoms with Crippen molar-refractivity contribution < 1.29 is 9.34 Å². The van der Waals surface area contributed by atoms with Crippen LogP contribution in [0.5, 0.6) is 0 Å². The number of non-ortho nitro benzene ring substituents is 1. The van der Waals surface area contributed by atoms with Gasteiger partial charge in [0.2, 0.25) is 0 Å². The van der Waals surface area contributed by atoms with Crippen LogP contribution in [0.3, 0.4) is 0 Å². The summed E-state index contributed by atoms with van der Waals surface area (Å²) in [7, 11) is 0. The SMILES string of the molecule is CC(Nc1cc([N+](=O)[O-])ccc1Cl)c1ccoc1. The van der Waals surface area contributed by atoms with Gasteiger partial charge in [-0.15, -0.1) is 0 Å². The third kappa shape index (κ3) is 2.62. The van der Waals surface area contributed by atoms with Crippen LogP contribution in [-0.4, -0.2) is 4.92 Å². The van der Waals surface area contributed by atoms with Gasteiger partial charge in [-0.25, -0.2) is 0 Å². The lowest BCUT2D eigenvalue weighted by Gasteiger charge is -2.14. The molecule has 1 heterocycles. The lowest BCUT2D eigenvalue weighted by Crippen LogP contribution is -2.06. The van der Waals surface area contributed by atoms with Gasteiger partial charge < -0.3 is 9.73 Å². The number of hydrogen-bond donors (Lipinski definition) is 1. The van der Waals surface area contributed by atoms with Crippen LogP contribution in [0.1, 0.15) is 18.5 Å². The lowest BCUT2D eigenvalue weighted by molar-refractivity contribution is -0.384. The average molecular weight is 267 g/mol. The van der Waals surface area contributed by atoms with Crippen molar-refractivity contribution in [1.82, 2.24) is 0 Å². The zero-order valence-corrected chi connectivity index (χ0v) is 10.3. The van der Waals surface area contributed by atoms with Crippen molar-refractivity contribution in [2.45, 2.75) is 13.0 Å². The van der Waals surface area contributed by atoms with Crippen molar-refractivity contribution in [3.63, 3.8) is 0 Å². The largest absolute Gasteiger partial charge is 0.472 e. The van der Waals surface area contributed by atoms with Crippen LogP contribution in [0.25, 0.3) is 0 Å². The number of nitro groups is 1. The number of nitrogens with zero attached hydrogens (tertiary/aromatic N) is 1. The fourth-order valence-corrected chi connectivity index (χ4v) is 1.75. The molecule has 1 aromatic heterocycles. The molecule has 2 aromatic rings. The first-order valence-corrected chi connectivity index (χ1v) is 5.68. The van der Waals surface area contributed by atoms with E-state index < -0.39 is 4.92 Å². The van der Waals surface area contributed by atoms with Gasteiger partial charge in [0.15, 0.2) is 0 Å². The van der Waals surface area contributed by atoms with Gasteiger partial charge in [-0.1, -0.05) is 11.6 Å². The van der Waals surface area contributed by atoms with Crippen molar-refractivity contribution in [1.29, 1.82) is 0 Å². The van der Waals surface area contributed by atoms with E-state index in [0.29, 0.717) is 10.7 Å². The quantitative estimate of drug-likeness (QED) is 0.670. The van der Waals surface area contributed by atoms with Gasteiger partial charge in [0.1, 0.15) is 0 Å². The molecule has 18 heavy (non-hydrogen) atoms.